The van der Waals surface area contributed by atoms with Crippen LogP contribution in [0.3, 0.4) is 0 Å². The molecule has 0 amide bonds. The summed E-state index contributed by atoms with van der Waals surface area (Å²) in [5.41, 5.74) is 0.990. The second-order valence-electron chi connectivity index (χ2n) is 2.00. The predicted octanol–water partition coefficient (Wildman–Crippen LogP) is 0.586. The number of nitrogens with one attached hydrogen (secondary N) is 1. The van der Waals surface area contributed by atoms with E-state index in [1.165, 1.54) is 0 Å². The zero-order valence-electron chi connectivity index (χ0n) is 6.04. The number of rotatable bonds is 3. The van der Waals surface area contributed by atoms with Gasteiger partial charge >= 0.3 is 0 Å². The summed E-state index contributed by atoms with van der Waals surface area (Å²) in [4.78, 5) is 0. The number of hydrogen-bond donors (Lipinski definition) is 1. The van der Waals surface area contributed by atoms with Gasteiger partial charge in [0.2, 0.25) is 0 Å². The fraction of sp³-hybridized carbons (Fsp3) is 0.429. The Morgan fingerprint density at radius 2 is 2.50 bits per heavy atom. The molecule has 0 saturated heterocycles. The van der Waals surface area contributed by atoms with E-state index in [1.54, 1.807) is 6.20 Å². The van der Waals surface area contributed by atoms with Gasteiger partial charge in [0.15, 0.2) is 0 Å². The highest BCUT2D eigenvalue weighted by molar-refractivity contribution is 4.97. The van der Waals surface area contributed by atoms with E-state index in [0.717, 1.165) is 18.8 Å². The molecule has 0 bridgehead atoms. The van der Waals surface area contributed by atoms with Crippen LogP contribution in [0.1, 0.15) is 12.6 Å². The second-order valence-corrected chi connectivity index (χ2v) is 2.00. The van der Waals surface area contributed by atoms with Gasteiger partial charge in [-0.1, -0.05) is 6.92 Å². The molecule has 3 heteroatoms. The van der Waals surface area contributed by atoms with Gasteiger partial charge in [0.05, 0.1) is 5.69 Å². The fourth-order valence-electron chi connectivity index (χ4n) is 0.681. The SMILES string of the molecule is CCNCc1cccnn1. The molecular weight excluding hydrogens is 126 g/mol. The Bertz CT molecular complexity index is 173. The average Bonchev–Trinajstić information content (AvgIpc) is 2.03. The third kappa shape index (κ3) is 2.11. The molecule has 0 aliphatic carbocycles. The summed E-state index contributed by atoms with van der Waals surface area (Å²) < 4.78 is 0. The molecule has 0 aromatic carbocycles. The molecule has 1 aromatic rings. The van der Waals surface area contributed by atoms with Gasteiger partial charge in [0.25, 0.3) is 0 Å². The van der Waals surface area contributed by atoms with E-state index in [0.29, 0.717) is 0 Å². The van der Waals surface area contributed by atoms with Gasteiger partial charge in [-0.2, -0.15) is 10.2 Å². The third-order valence-corrected chi connectivity index (χ3v) is 1.18. The lowest BCUT2D eigenvalue weighted by Gasteiger charge is -1.97. The van der Waals surface area contributed by atoms with Gasteiger partial charge in [0.1, 0.15) is 0 Å². The van der Waals surface area contributed by atoms with Crippen molar-refractivity contribution in [2.45, 2.75) is 13.5 Å². The van der Waals surface area contributed by atoms with E-state index < -0.39 is 0 Å². The van der Waals surface area contributed by atoms with E-state index in [4.69, 9.17) is 0 Å². The van der Waals surface area contributed by atoms with E-state index in [1.807, 2.05) is 12.1 Å². The van der Waals surface area contributed by atoms with Gasteiger partial charge in [-0.3, -0.25) is 0 Å². The van der Waals surface area contributed by atoms with Crippen LogP contribution in [0.2, 0.25) is 0 Å². The van der Waals surface area contributed by atoms with Crippen molar-refractivity contribution in [3.05, 3.63) is 24.0 Å². The molecule has 1 rings (SSSR count). The van der Waals surface area contributed by atoms with E-state index >= 15 is 0 Å². The topological polar surface area (TPSA) is 37.8 Å². The predicted molar refractivity (Wildman–Crippen MR) is 39.4 cm³/mol. The standard InChI is InChI=1S/C7H11N3/c1-2-8-6-7-4-3-5-9-10-7/h3-5,8H,2,6H2,1H3. The molecule has 0 saturated carbocycles. The average molecular weight is 137 g/mol. The first-order chi connectivity index (χ1) is 4.93. The van der Waals surface area contributed by atoms with Crippen LogP contribution in [0.5, 0.6) is 0 Å². The molecule has 0 fully saturated rings. The van der Waals surface area contributed by atoms with Crippen molar-refractivity contribution in [2.75, 3.05) is 6.54 Å². The molecule has 0 aliphatic heterocycles. The summed E-state index contributed by atoms with van der Waals surface area (Å²) in [6, 6.07) is 3.84. The van der Waals surface area contributed by atoms with Crippen molar-refractivity contribution >= 4 is 0 Å². The van der Waals surface area contributed by atoms with Gasteiger partial charge in [-0.15, -0.1) is 0 Å². The first-order valence-corrected chi connectivity index (χ1v) is 3.40. The lowest BCUT2D eigenvalue weighted by molar-refractivity contribution is 0.698. The molecule has 1 N–H and O–H groups in total. The van der Waals surface area contributed by atoms with Crippen LogP contribution in [-0.2, 0) is 6.54 Å². The largest absolute Gasteiger partial charge is 0.311 e. The van der Waals surface area contributed by atoms with Crippen molar-refractivity contribution < 1.29 is 0 Å². The monoisotopic (exact) mass is 137 g/mol. The summed E-state index contributed by atoms with van der Waals surface area (Å²) in [7, 11) is 0. The molecule has 0 spiro atoms. The third-order valence-electron chi connectivity index (χ3n) is 1.18. The molecule has 0 atom stereocenters. The minimum Gasteiger partial charge on any atom is -0.311 e. The zero-order valence-corrected chi connectivity index (χ0v) is 6.04. The number of aromatic nitrogens is 2. The van der Waals surface area contributed by atoms with Gasteiger partial charge in [-0.05, 0) is 18.7 Å². The maximum Gasteiger partial charge on any atom is 0.0768 e. The van der Waals surface area contributed by atoms with Crippen LogP contribution < -0.4 is 5.32 Å². The van der Waals surface area contributed by atoms with Crippen LogP contribution in [-0.4, -0.2) is 16.7 Å². The minimum atomic E-state index is 0.810. The molecule has 0 radical (unpaired) electrons. The molecule has 10 heavy (non-hydrogen) atoms. The zero-order chi connectivity index (χ0) is 7.23. The van der Waals surface area contributed by atoms with Crippen molar-refractivity contribution in [2.24, 2.45) is 0 Å². The van der Waals surface area contributed by atoms with E-state index in [-0.39, 0.29) is 0 Å². The molecule has 1 aromatic heterocycles. The van der Waals surface area contributed by atoms with E-state index in [2.05, 4.69) is 22.4 Å². The summed E-state index contributed by atoms with van der Waals surface area (Å²) in [5.74, 6) is 0. The first-order valence-electron chi connectivity index (χ1n) is 3.40. The summed E-state index contributed by atoms with van der Waals surface area (Å²) in [6.45, 7) is 3.84. The van der Waals surface area contributed by atoms with Gasteiger partial charge < -0.3 is 5.32 Å². The lowest BCUT2D eigenvalue weighted by atomic mass is 10.4. The maximum absolute atomic E-state index is 3.90. The van der Waals surface area contributed by atoms with Crippen molar-refractivity contribution in [3.8, 4) is 0 Å². The van der Waals surface area contributed by atoms with Crippen molar-refractivity contribution in [1.82, 2.24) is 15.5 Å². The molecule has 1 heterocycles. The molecule has 0 aliphatic rings. The highest BCUT2D eigenvalue weighted by Crippen LogP contribution is 1.87. The molecule has 3 nitrogen and oxygen atoms in total. The van der Waals surface area contributed by atoms with Crippen LogP contribution in [0, 0.1) is 0 Å². The Kier molecular flexibility index (Phi) is 2.83. The van der Waals surface area contributed by atoms with Crippen molar-refractivity contribution in [3.63, 3.8) is 0 Å². The molecule has 0 unspecified atom stereocenters. The van der Waals surface area contributed by atoms with Crippen LogP contribution in [0.15, 0.2) is 18.3 Å². The Hall–Kier alpha value is -0.960. The van der Waals surface area contributed by atoms with Crippen LogP contribution in [0.4, 0.5) is 0 Å². The van der Waals surface area contributed by atoms with Gasteiger partial charge in [0, 0.05) is 12.7 Å². The molecule has 54 valence electrons. The van der Waals surface area contributed by atoms with Crippen LogP contribution in [0.25, 0.3) is 0 Å². The minimum absolute atomic E-state index is 0.810. The lowest BCUT2D eigenvalue weighted by Crippen LogP contribution is -2.12. The summed E-state index contributed by atoms with van der Waals surface area (Å²) >= 11 is 0. The molecular formula is C7H11N3. The fourth-order valence-corrected chi connectivity index (χ4v) is 0.681. The number of nitrogens with zero attached hydrogens (tertiary/aromatic N) is 2. The first kappa shape index (κ1) is 7.15. The quantitative estimate of drug-likeness (QED) is 0.662. The highest BCUT2D eigenvalue weighted by Gasteiger charge is 1.88. The highest BCUT2D eigenvalue weighted by atomic mass is 15.1. The smallest absolute Gasteiger partial charge is 0.0768 e. The summed E-state index contributed by atoms with van der Waals surface area (Å²) in [6.07, 6.45) is 1.68. The van der Waals surface area contributed by atoms with E-state index in [9.17, 15) is 0 Å². The van der Waals surface area contributed by atoms with Crippen LogP contribution >= 0.6 is 0 Å². The van der Waals surface area contributed by atoms with Crippen molar-refractivity contribution in [1.29, 1.82) is 0 Å². The second kappa shape index (κ2) is 3.95. The Morgan fingerprint density at radius 1 is 1.60 bits per heavy atom. The Balaban J connectivity index is 2.43. The van der Waals surface area contributed by atoms with Gasteiger partial charge in [-0.25, -0.2) is 0 Å². The maximum atomic E-state index is 3.90. The summed E-state index contributed by atoms with van der Waals surface area (Å²) in [5, 5.41) is 10.8. The Labute approximate surface area is 60.5 Å². The normalized spacial score (nSPS) is 9.70. The number of hydrogen-bond acceptors (Lipinski definition) is 3. The Morgan fingerprint density at radius 3 is 3.10 bits per heavy atom.